The fraction of sp³-hybridized carbons (Fsp3) is 0.750. The van der Waals surface area contributed by atoms with Crippen molar-refractivity contribution in [1.29, 1.82) is 0 Å². The molecule has 2 unspecified atom stereocenters. The standard InChI is InChI=1S/C12H21N3O/c1-3-10-7-11(15(4-2)14-10)12(13)9-5-6-16-8-9/h7,9,12H,3-6,8,13H2,1-2H3. The Kier molecular flexibility index (Phi) is 3.61. The Labute approximate surface area is 96.8 Å². The molecule has 0 aromatic carbocycles. The molecule has 0 amide bonds. The number of nitrogens with two attached hydrogens (primary N) is 1. The molecule has 1 aliphatic rings. The van der Waals surface area contributed by atoms with E-state index in [9.17, 15) is 0 Å². The van der Waals surface area contributed by atoms with E-state index >= 15 is 0 Å². The van der Waals surface area contributed by atoms with Gasteiger partial charge in [-0.15, -0.1) is 0 Å². The Balaban J connectivity index is 2.20. The second-order valence-corrected chi connectivity index (χ2v) is 4.38. The zero-order valence-electron chi connectivity index (χ0n) is 10.1. The van der Waals surface area contributed by atoms with E-state index in [0.29, 0.717) is 5.92 Å². The monoisotopic (exact) mass is 223 g/mol. The van der Waals surface area contributed by atoms with Crippen LogP contribution in [-0.2, 0) is 17.7 Å². The number of hydrogen-bond acceptors (Lipinski definition) is 3. The summed E-state index contributed by atoms with van der Waals surface area (Å²) in [6.07, 6.45) is 2.03. The van der Waals surface area contributed by atoms with Gasteiger partial charge in [0.15, 0.2) is 0 Å². The summed E-state index contributed by atoms with van der Waals surface area (Å²) in [7, 11) is 0. The highest BCUT2D eigenvalue weighted by Gasteiger charge is 2.26. The third kappa shape index (κ3) is 2.13. The molecular weight excluding hydrogens is 202 g/mol. The topological polar surface area (TPSA) is 53.1 Å². The Morgan fingerprint density at radius 1 is 1.62 bits per heavy atom. The smallest absolute Gasteiger partial charge is 0.0625 e. The molecule has 2 atom stereocenters. The summed E-state index contributed by atoms with van der Waals surface area (Å²) in [6.45, 7) is 6.75. The van der Waals surface area contributed by atoms with Crippen molar-refractivity contribution < 1.29 is 4.74 Å². The highest BCUT2D eigenvalue weighted by atomic mass is 16.5. The third-order valence-electron chi connectivity index (χ3n) is 3.34. The van der Waals surface area contributed by atoms with E-state index in [0.717, 1.165) is 44.0 Å². The van der Waals surface area contributed by atoms with Crippen LogP contribution in [-0.4, -0.2) is 23.0 Å². The molecule has 0 spiro atoms. The first-order valence-corrected chi connectivity index (χ1v) is 6.16. The lowest BCUT2D eigenvalue weighted by atomic mass is 9.97. The summed E-state index contributed by atoms with van der Waals surface area (Å²) < 4.78 is 7.43. The molecule has 1 fully saturated rings. The van der Waals surface area contributed by atoms with Crippen molar-refractivity contribution in [2.45, 2.75) is 39.3 Å². The molecule has 0 radical (unpaired) electrons. The number of ether oxygens (including phenoxy) is 1. The van der Waals surface area contributed by atoms with Gasteiger partial charge in [0.2, 0.25) is 0 Å². The summed E-state index contributed by atoms with van der Waals surface area (Å²) >= 11 is 0. The molecule has 1 aromatic heterocycles. The van der Waals surface area contributed by atoms with Crippen molar-refractivity contribution in [3.63, 3.8) is 0 Å². The van der Waals surface area contributed by atoms with E-state index in [-0.39, 0.29) is 6.04 Å². The zero-order valence-corrected chi connectivity index (χ0v) is 10.1. The van der Waals surface area contributed by atoms with E-state index in [4.69, 9.17) is 10.5 Å². The number of aryl methyl sites for hydroxylation is 2. The van der Waals surface area contributed by atoms with Crippen LogP contribution in [0.1, 0.15) is 37.7 Å². The minimum atomic E-state index is 0.0650. The first-order chi connectivity index (χ1) is 7.76. The van der Waals surface area contributed by atoms with Crippen LogP contribution < -0.4 is 5.73 Å². The van der Waals surface area contributed by atoms with Crippen LogP contribution in [0.2, 0.25) is 0 Å². The van der Waals surface area contributed by atoms with Gasteiger partial charge in [0.1, 0.15) is 0 Å². The molecule has 2 N–H and O–H groups in total. The molecule has 0 saturated carbocycles. The summed E-state index contributed by atoms with van der Waals surface area (Å²) in [6, 6.07) is 2.21. The van der Waals surface area contributed by atoms with E-state index in [1.54, 1.807) is 0 Å². The van der Waals surface area contributed by atoms with Crippen LogP contribution in [0.5, 0.6) is 0 Å². The fourth-order valence-electron chi connectivity index (χ4n) is 2.26. The normalized spacial score (nSPS) is 22.6. The average Bonchev–Trinajstić information content (AvgIpc) is 2.96. The predicted molar refractivity (Wildman–Crippen MR) is 63.1 cm³/mol. The van der Waals surface area contributed by atoms with Crippen LogP contribution in [0.4, 0.5) is 0 Å². The summed E-state index contributed by atoms with van der Waals surface area (Å²) in [5.74, 6) is 0.451. The van der Waals surface area contributed by atoms with Crippen molar-refractivity contribution in [3.05, 3.63) is 17.5 Å². The van der Waals surface area contributed by atoms with E-state index in [1.807, 2.05) is 4.68 Å². The van der Waals surface area contributed by atoms with Gasteiger partial charge in [0.25, 0.3) is 0 Å². The van der Waals surface area contributed by atoms with Crippen molar-refractivity contribution in [2.75, 3.05) is 13.2 Å². The second-order valence-electron chi connectivity index (χ2n) is 4.38. The van der Waals surface area contributed by atoms with E-state index < -0.39 is 0 Å². The molecule has 4 nitrogen and oxygen atoms in total. The summed E-state index contributed by atoms with van der Waals surface area (Å²) in [5.41, 5.74) is 8.60. The maximum atomic E-state index is 6.30. The van der Waals surface area contributed by atoms with Crippen LogP contribution in [0, 0.1) is 5.92 Å². The van der Waals surface area contributed by atoms with Crippen LogP contribution >= 0.6 is 0 Å². The van der Waals surface area contributed by atoms with E-state index in [1.165, 1.54) is 0 Å². The maximum Gasteiger partial charge on any atom is 0.0625 e. The third-order valence-corrected chi connectivity index (χ3v) is 3.34. The molecule has 90 valence electrons. The minimum absolute atomic E-state index is 0.0650. The maximum absolute atomic E-state index is 6.30. The molecule has 2 heterocycles. The average molecular weight is 223 g/mol. The molecular formula is C12H21N3O. The Morgan fingerprint density at radius 3 is 3.00 bits per heavy atom. The fourth-order valence-corrected chi connectivity index (χ4v) is 2.26. The minimum Gasteiger partial charge on any atom is -0.381 e. The van der Waals surface area contributed by atoms with Gasteiger partial charge in [-0.2, -0.15) is 5.10 Å². The zero-order chi connectivity index (χ0) is 11.5. The molecule has 2 rings (SSSR count). The Morgan fingerprint density at radius 2 is 2.44 bits per heavy atom. The van der Waals surface area contributed by atoms with Gasteiger partial charge in [0.05, 0.1) is 24.0 Å². The van der Waals surface area contributed by atoms with Crippen molar-refractivity contribution in [2.24, 2.45) is 11.7 Å². The number of rotatable bonds is 4. The van der Waals surface area contributed by atoms with Gasteiger partial charge in [-0.3, -0.25) is 4.68 Å². The van der Waals surface area contributed by atoms with Crippen LogP contribution in [0.15, 0.2) is 6.07 Å². The lowest BCUT2D eigenvalue weighted by molar-refractivity contribution is 0.180. The quantitative estimate of drug-likeness (QED) is 0.841. The van der Waals surface area contributed by atoms with Gasteiger partial charge in [-0.25, -0.2) is 0 Å². The molecule has 0 bridgehead atoms. The van der Waals surface area contributed by atoms with Gasteiger partial charge in [-0.05, 0) is 25.8 Å². The molecule has 1 saturated heterocycles. The van der Waals surface area contributed by atoms with Gasteiger partial charge in [0, 0.05) is 19.1 Å². The lowest BCUT2D eigenvalue weighted by Crippen LogP contribution is -2.24. The Bertz CT molecular complexity index is 342. The van der Waals surface area contributed by atoms with Crippen LogP contribution in [0.25, 0.3) is 0 Å². The second kappa shape index (κ2) is 4.97. The molecule has 0 aliphatic carbocycles. The first kappa shape index (κ1) is 11.6. The van der Waals surface area contributed by atoms with Crippen molar-refractivity contribution in [1.82, 2.24) is 9.78 Å². The number of nitrogens with zero attached hydrogens (tertiary/aromatic N) is 2. The van der Waals surface area contributed by atoms with E-state index in [2.05, 4.69) is 25.0 Å². The molecule has 1 aromatic rings. The predicted octanol–water partition coefficient (Wildman–Crippen LogP) is 1.50. The molecule has 16 heavy (non-hydrogen) atoms. The molecule has 1 aliphatic heterocycles. The SMILES string of the molecule is CCc1cc(C(N)C2CCOC2)n(CC)n1. The number of hydrogen-bond donors (Lipinski definition) is 1. The molecule has 4 heteroatoms. The van der Waals surface area contributed by atoms with Gasteiger partial charge < -0.3 is 10.5 Å². The van der Waals surface area contributed by atoms with Crippen molar-refractivity contribution in [3.8, 4) is 0 Å². The Hall–Kier alpha value is -0.870. The van der Waals surface area contributed by atoms with Gasteiger partial charge in [-0.1, -0.05) is 6.92 Å². The largest absolute Gasteiger partial charge is 0.381 e. The van der Waals surface area contributed by atoms with Gasteiger partial charge >= 0.3 is 0 Å². The first-order valence-electron chi connectivity index (χ1n) is 6.16. The summed E-state index contributed by atoms with van der Waals surface area (Å²) in [5, 5.41) is 4.54. The van der Waals surface area contributed by atoms with Crippen LogP contribution in [0.3, 0.4) is 0 Å². The number of aromatic nitrogens is 2. The highest BCUT2D eigenvalue weighted by Crippen LogP contribution is 2.27. The van der Waals surface area contributed by atoms with Crippen molar-refractivity contribution >= 4 is 0 Å². The lowest BCUT2D eigenvalue weighted by Gasteiger charge is -2.18. The highest BCUT2D eigenvalue weighted by molar-refractivity contribution is 5.15. The summed E-state index contributed by atoms with van der Waals surface area (Å²) in [4.78, 5) is 0.